The summed E-state index contributed by atoms with van der Waals surface area (Å²) >= 11 is 0. The van der Waals surface area contributed by atoms with Crippen LogP contribution in [0.2, 0.25) is 0 Å². The highest BCUT2D eigenvalue weighted by molar-refractivity contribution is 6.06. The number of benzene rings is 1. The molecule has 8 heteroatoms. The van der Waals surface area contributed by atoms with Gasteiger partial charge in [-0.1, -0.05) is 19.6 Å². The number of esters is 1. The largest absolute Gasteiger partial charge is 0.494 e. The number of hydrogen-bond acceptors (Lipinski definition) is 6. The van der Waals surface area contributed by atoms with E-state index in [-0.39, 0.29) is 43.3 Å². The van der Waals surface area contributed by atoms with Crippen LogP contribution < -0.4 is 4.74 Å². The molecule has 1 aromatic rings. The first-order valence-electron chi connectivity index (χ1n) is 9.14. The first-order chi connectivity index (χ1) is 13.8. The van der Waals surface area contributed by atoms with Crippen LogP contribution in [-0.4, -0.2) is 37.9 Å². The van der Waals surface area contributed by atoms with Gasteiger partial charge in [0.1, 0.15) is 29.7 Å². The first kappa shape index (κ1) is 21.0. The summed E-state index contributed by atoms with van der Waals surface area (Å²) in [7, 11) is 1.25. The molecule has 0 unspecified atom stereocenters. The molecular formula is C21H22F2O6. The average Bonchev–Trinajstić information content (AvgIpc) is 3.11. The van der Waals surface area contributed by atoms with Crippen LogP contribution in [0.5, 0.6) is 5.75 Å². The van der Waals surface area contributed by atoms with Crippen LogP contribution in [-0.2, 0) is 30.2 Å². The molecule has 2 aliphatic rings. The van der Waals surface area contributed by atoms with E-state index in [4.69, 9.17) is 18.9 Å². The van der Waals surface area contributed by atoms with Crippen molar-refractivity contribution in [3.05, 3.63) is 53.8 Å². The van der Waals surface area contributed by atoms with E-state index in [0.717, 1.165) is 12.1 Å². The van der Waals surface area contributed by atoms with Gasteiger partial charge in [0, 0.05) is 18.6 Å². The number of ketones is 1. The maximum Gasteiger partial charge on any atom is 0.317 e. The van der Waals surface area contributed by atoms with Gasteiger partial charge >= 0.3 is 5.97 Å². The van der Waals surface area contributed by atoms with E-state index in [1.165, 1.54) is 19.3 Å². The molecule has 0 saturated carbocycles. The Morgan fingerprint density at radius 3 is 2.86 bits per heavy atom. The summed E-state index contributed by atoms with van der Waals surface area (Å²) in [6.07, 6.45) is 2.73. The number of carbonyl (C=O) groups excluding carboxylic acids is 2. The van der Waals surface area contributed by atoms with Crippen molar-refractivity contribution < 1.29 is 37.3 Å². The van der Waals surface area contributed by atoms with Gasteiger partial charge in [-0.05, 0) is 24.0 Å². The summed E-state index contributed by atoms with van der Waals surface area (Å²) in [6.45, 7) is 5.12. The molecule has 3 rings (SSSR count). The number of rotatable bonds is 7. The molecule has 0 amide bonds. The van der Waals surface area contributed by atoms with E-state index >= 15 is 0 Å². The van der Waals surface area contributed by atoms with Crippen LogP contribution in [0, 0.1) is 23.5 Å². The highest BCUT2D eigenvalue weighted by Gasteiger charge is 2.54. The third-order valence-corrected chi connectivity index (χ3v) is 5.34. The van der Waals surface area contributed by atoms with E-state index in [9.17, 15) is 18.4 Å². The molecule has 1 heterocycles. The third kappa shape index (κ3) is 3.89. The van der Waals surface area contributed by atoms with Crippen molar-refractivity contribution in [1.82, 2.24) is 0 Å². The smallest absolute Gasteiger partial charge is 0.317 e. The van der Waals surface area contributed by atoms with Crippen LogP contribution in [0.3, 0.4) is 0 Å². The average molecular weight is 408 g/mol. The van der Waals surface area contributed by atoms with Gasteiger partial charge in [0.15, 0.2) is 24.1 Å². The molecular weight excluding hydrogens is 386 g/mol. The quantitative estimate of drug-likeness (QED) is 0.392. The minimum Gasteiger partial charge on any atom is -0.494 e. The van der Waals surface area contributed by atoms with E-state index < -0.39 is 40.8 Å². The summed E-state index contributed by atoms with van der Waals surface area (Å²) in [5, 5.41) is 0. The first-order valence-corrected chi connectivity index (χ1v) is 9.14. The molecule has 29 heavy (non-hydrogen) atoms. The van der Waals surface area contributed by atoms with Crippen LogP contribution in [0.25, 0.3) is 0 Å². The van der Waals surface area contributed by atoms with Crippen LogP contribution in [0.1, 0.15) is 18.9 Å². The highest BCUT2D eigenvalue weighted by atomic mass is 19.1. The van der Waals surface area contributed by atoms with Gasteiger partial charge < -0.3 is 18.9 Å². The molecule has 1 aliphatic carbocycles. The van der Waals surface area contributed by atoms with Gasteiger partial charge in [-0.15, -0.1) is 0 Å². The van der Waals surface area contributed by atoms with Gasteiger partial charge in [-0.3, -0.25) is 9.59 Å². The number of ether oxygens (including phenoxy) is 4. The number of fused-ring (bicyclic) bond motifs is 1. The zero-order chi connectivity index (χ0) is 21.2. The Morgan fingerprint density at radius 2 is 2.17 bits per heavy atom. The summed E-state index contributed by atoms with van der Waals surface area (Å²) in [4.78, 5) is 24.7. The molecule has 6 nitrogen and oxygen atoms in total. The maximum atomic E-state index is 14.4. The summed E-state index contributed by atoms with van der Waals surface area (Å²) < 4.78 is 49.6. The number of allylic oxidation sites excluding steroid dienone is 1. The Labute approximate surface area is 167 Å². The van der Waals surface area contributed by atoms with Gasteiger partial charge in [-0.25, -0.2) is 8.78 Å². The molecule has 0 aromatic heterocycles. The van der Waals surface area contributed by atoms with Gasteiger partial charge in [0.2, 0.25) is 0 Å². The van der Waals surface area contributed by atoms with Gasteiger partial charge in [0.25, 0.3) is 0 Å². The molecule has 1 aliphatic heterocycles. The summed E-state index contributed by atoms with van der Waals surface area (Å²) in [5.74, 6) is -3.83. The fourth-order valence-electron chi connectivity index (χ4n) is 3.75. The Hall–Kier alpha value is -2.74. The minimum absolute atomic E-state index is 0.00490. The maximum absolute atomic E-state index is 14.4. The molecule has 156 valence electrons. The number of methoxy groups -OCH3 is 1. The van der Waals surface area contributed by atoms with Crippen LogP contribution in [0.4, 0.5) is 8.78 Å². The molecule has 1 aromatic carbocycles. The third-order valence-electron chi connectivity index (χ3n) is 5.34. The highest BCUT2D eigenvalue weighted by Crippen LogP contribution is 2.46. The Bertz CT molecular complexity index is 865. The Morgan fingerprint density at radius 1 is 1.41 bits per heavy atom. The lowest BCUT2D eigenvalue weighted by atomic mass is 9.72. The second kappa shape index (κ2) is 8.32. The molecule has 0 N–H and O–H groups in total. The van der Waals surface area contributed by atoms with Gasteiger partial charge in [-0.2, -0.15) is 0 Å². The molecule has 0 bridgehead atoms. The summed E-state index contributed by atoms with van der Waals surface area (Å²) in [6, 6.07) is 2.06. The SMILES string of the molecule is C=CCOC(=O)[C@@H]1C[C@]2([C@@H](C)Cc3cc(F)c(OC)cc3F)OCOC2=CC1=O. The number of halogens is 2. The zero-order valence-electron chi connectivity index (χ0n) is 16.2. The fourth-order valence-corrected chi connectivity index (χ4v) is 3.75. The second-order valence-corrected chi connectivity index (χ2v) is 7.07. The normalized spacial score (nSPS) is 24.2. The predicted octanol–water partition coefficient (Wildman–Crippen LogP) is 3.10. The molecule has 0 spiro atoms. The van der Waals surface area contributed by atoms with Crippen LogP contribution in [0.15, 0.2) is 36.6 Å². The lowest BCUT2D eigenvalue weighted by Crippen LogP contribution is -2.47. The predicted molar refractivity (Wildman–Crippen MR) is 97.9 cm³/mol. The Balaban J connectivity index is 1.88. The lowest BCUT2D eigenvalue weighted by Gasteiger charge is -2.37. The molecule has 3 atom stereocenters. The van der Waals surface area contributed by atoms with E-state index in [2.05, 4.69) is 6.58 Å². The molecule has 1 saturated heterocycles. The van der Waals surface area contributed by atoms with Crippen LogP contribution >= 0.6 is 0 Å². The van der Waals surface area contributed by atoms with Crippen molar-refractivity contribution in [3.63, 3.8) is 0 Å². The lowest BCUT2D eigenvalue weighted by molar-refractivity contribution is -0.154. The molecule has 1 fully saturated rings. The minimum atomic E-state index is -1.12. The molecule has 0 radical (unpaired) electrons. The van der Waals surface area contributed by atoms with Crippen molar-refractivity contribution in [2.75, 3.05) is 20.5 Å². The van der Waals surface area contributed by atoms with Crippen molar-refractivity contribution in [2.45, 2.75) is 25.4 Å². The monoisotopic (exact) mass is 408 g/mol. The topological polar surface area (TPSA) is 71.1 Å². The van der Waals surface area contributed by atoms with Crippen molar-refractivity contribution in [1.29, 1.82) is 0 Å². The Kier molecular flexibility index (Phi) is 6.02. The standard InChI is InChI=1S/C21H22F2O6/c1-4-5-27-20(25)14-10-21(19(9-17(14)24)28-11-29-21)12(2)6-13-7-16(23)18(26-3)8-15(13)22/h4,7-9,12,14H,1,5-6,10-11H2,2-3H3/t12-,14+,21+/m0/s1. The van der Waals surface area contributed by atoms with E-state index in [0.29, 0.717) is 0 Å². The van der Waals surface area contributed by atoms with E-state index in [1.807, 2.05) is 0 Å². The fraction of sp³-hybridized carbons (Fsp3) is 0.429. The van der Waals surface area contributed by atoms with E-state index in [1.54, 1.807) is 6.92 Å². The van der Waals surface area contributed by atoms with Gasteiger partial charge in [0.05, 0.1) is 7.11 Å². The second-order valence-electron chi connectivity index (χ2n) is 7.07. The summed E-state index contributed by atoms with van der Waals surface area (Å²) in [5.41, 5.74) is -0.989. The zero-order valence-corrected chi connectivity index (χ0v) is 16.2. The number of hydrogen-bond donors (Lipinski definition) is 0. The number of carbonyl (C=O) groups is 2. The van der Waals surface area contributed by atoms with Crippen molar-refractivity contribution >= 4 is 11.8 Å². The van der Waals surface area contributed by atoms with Crippen molar-refractivity contribution in [2.24, 2.45) is 11.8 Å². The van der Waals surface area contributed by atoms with Crippen molar-refractivity contribution in [3.8, 4) is 5.75 Å².